The van der Waals surface area contributed by atoms with E-state index >= 15 is 0 Å². The molecule has 158 valence electrons. The number of carbonyl (C=O) groups is 1. The van der Waals surface area contributed by atoms with E-state index in [1.54, 1.807) is 62.4 Å². The van der Waals surface area contributed by atoms with Gasteiger partial charge in [0, 0.05) is 5.69 Å². The highest BCUT2D eigenvalue weighted by atomic mass is 32.2. The maximum atomic E-state index is 13.6. The molecule has 0 aliphatic rings. The van der Waals surface area contributed by atoms with Gasteiger partial charge in [0.2, 0.25) is 5.91 Å². The Morgan fingerprint density at radius 1 is 0.968 bits per heavy atom. The highest BCUT2D eigenvalue weighted by Gasteiger charge is 2.29. The van der Waals surface area contributed by atoms with Crippen LogP contribution in [0.2, 0.25) is 0 Å². The number of anilines is 2. The quantitative estimate of drug-likeness (QED) is 0.627. The number of para-hydroxylation sites is 1. The van der Waals surface area contributed by atoms with Gasteiger partial charge < -0.3 is 5.32 Å². The number of carbonyl (C=O) groups excluding carboxylic acids is 1. The molecule has 7 heteroatoms. The fourth-order valence-electron chi connectivity index (χ4n) is 3.24. The number of nitrogens with one attached hydrogen (secondary N) is 1. The summed E-state index contributed by atoms with van der Waals surface area (Å²) < 4.78 is 28.4. The van der Waals surface area contributed by atoms with Crippen LogP contribution >= 0.6 is 0 Å². The van der Waals surface area contributed by atoms with E-state index in [2.05, 4.69) is 5.32 Å². The highest BCUT2D eigenvalue weighted by Crippen LogP contribution is 2.29. The number of benzene rings is 3. The summed E-state index contributed by atoms with van der Waals surface area (Å²) in [4.78, 5) is 13.0. The lowest BCUT2D eigenvalue weighted by Gasteiger charge is -2.26. The first-order chi connectivity index (χ1) is 14.7. The molecule has 3 aromatic rings. The number of sulfonamides is 1. The molecule has 0 atom stereocenters. The Morgan fingerprint density at radius 2 is 1.71 bits per heavy atom. The second kappa shape index (κ2) is 9.02. The Bertz CT molecular complexity index is 1280. The summed E-state index contributed by atoms with van der Waals surface area (Å²) in [6.07, 6.45) is 0. The number of hydrogen-bond acceptors (Lipinski definition) is 4. The largest absolute Gasteiger partial charge is 0.324 e. The lowest BCUT2D eigenvalue weighted by Crippen LogP contribution is -2.38. The number of aryl methyl sites for hydroxylation is 3. The molecule has 0 saturated heterocycles. The molecule has 6 nitrogen and oxygen atoms in total. The average Bonchev–Trinajstić information content (AvgIpc) is 2.74. The van der Waals surface area contributed by atoms with Crippen molar-refractivity contribution in [2.45, 2.75) is 25.7 Å². The summed E-state index contributed by atoms with van der Waals surface area (Å²) in [7, 11) is -4.01. The standard InChI is InChI=1S/C24H23N3O3S/c1-17-11-12-19(3)23(13-17)31(29,30)27(22-10-5-4-7-18(22)2)16-24(28)26-21-9-6-8-20(14-21)15-25/h4-14H,16H2,1-3H3,(H,26,28). The lowest BCUT2D eigenvalue weighted by molar-refractivity contribution is -0.114. The van der Waals surface area contributed by atoms with Crippen molar-refractivity contribution in [3.8, 4) is 6.07 Å². The summed E-state index contributed by atoms with van der Waals surface area (Å²) >= 11 is 0. The molecular weight excluding hydrogens is 410 g/mol. The van der Waals surface area contributed by atoms with Gasteiger partial charge in [0.05, 0.1) is 22.2 Å². The minimum atomic E-state index is -4.01. The molecular formula is C24H23N3O3S. The first-order valence-corrected chi connectivity index (χ1v) is 11.1. The second-order valence-electron chi connectivity index (χ2n) is 7.31. The summed E-state index contributed by atoms with van der Waals surface area (Å²) in [6.45, 7) is 4.95. The van der Waals surface area contributed by atoms with Crippen LogP contribution in [0.25, 0.3) is 0 Å². The van der Waals surface area contributed by atoms with Gasteiger partial charge in [0.1, 0.15) is 6.54 Å². The van der Waals surface area contributed by atoms with Crippen LogP contribution in [-0.2, 0) is 14.8 Å². The predicted molar refractivity (Wildman–Crippen MR) is 121 cm³/mol. The molecule has 3 rings (SSSR count). The molecule has 0 bridgehead atoms. The molecule has 1 N–H and O–H groups in total. The highest BCUT2D eigenvalue weighted by molar-refractivity contribution is 7.93. The Balaban J connectivity index is 2.01. The van der Waals surface area contributed by atoms with Crippen LogP contribution < -0.4 is 9.62 Å². The van der Waals surface area contributed by atoms with Gasteiger partial charge in [-0.15, -0.1) is 0 Å². The van der Waals surface area contributed by atoms with Crippen molar-refractivity contribution >= 4 is 27.3 Å². The van der Waals surface area contributed by atoms with E-state index in [9.17, 15) is 13.2 Å². The van der Waals surface area contributed by atoms with Crippen molar-refractivity contribution in [3.63, 3.8) is 0 Å². The summed E-state index contributed by atoms with van der Waals surface area (Å²) in [5.41, 5.74) is 3.41. The maximum Gasteiger partial charge on any atom is 0.265 e. The first-order valence-electron chi connectivity index (χ1n) is 9.68. The van der Waals surface area contributed by atoms with E-state index in [4.69, 9.17) is 5.26 Å². The molecule has 0 aliphatic carbocycles. The third kappa shape index (κ3) is 4.93. The third-order valence-electron chi connectivity index (χ3n) is 4.86. The van der Waals surface area contributed by atoms with Crippen LogP contribution in [0.4, 0.5) is 11.4 Å². The molecule has 0 fully saturated rings. The molecule has 31 heavy (non-hydrogen) atoms. The zero-order valence-electron chi connectivity index (χ0n) is 17.6. The summed E-state index contributed by atoms with van der Waals surface area (Å²) in [5.74, 6) is -0.507. The SMILES string of the molecule is Cc1ccc(C)c(S(=O)(=O)N(CC(=O)Nc2cccc(C#N)c2)c2ccccc2C)c1. The molecule has 0 saturated carbocycles. The smallest absolute Gasteiger partial charge is 0.265 e. The van der Waals surface area contributed by atoms with Crippen LogP contribution in [0, 0.1) is 32.1 Å². The summed E-state index contributed by atoms with van der Waals surface area (Å²) in [6, 6.07) is 20.7. The number of nitriles is 1. The zero-order valence-corrected chi connectivity index (χ0v) is 18.4. The zero-order chi connectivity index (χ0) is 22.6. The van der Waals surface area contributed by atoms with E-state index in [1.165, 1.54) is 6.07 Å². The topological polar surface area (TPSA) is 90.3 Å². The van der Waals surface area contributed by atoms with Gasteiger partial charge in [-0.2, -0.15) is 5.26 Å². The monoisotopic (exact) mass is 433 g/mol. The minimum Gasteiger partial charge on any atom is -0.324 e. The van der Waals surface area contributed by atoms with Gasteiger partial charge >= 0.3 is 0 Å². The second-order valence-corrected chi connectivity index (χ2v) is 9.14. The normalized spacial score (nSPS) is 10.9. The van der Waals surface area contributed by atoms with Crippen molar-refractivity contribution in [2.75, 3.05) is 16.2 Å². The Kier molecular flexibility index (Phi) is 6.42. The molecule has 3 aromatic carbocycles. The van der Waals surface area contributed by atoms with Gasteiger partial charge in [0.25, 0.3) is 10.0 Å². The molecule has 0 spiro atoms. The Labute approximate surface area is 182 Å². The lowest BCUT2D eigenvalue weighted by atomic mass is 10.2. The first kappa shape index (κ1) is 22.1. The van der Waals surface area contributed by atoms with Crippen LogP contribution in [0.1, 0.15) is 22.3 Å². The van der Waals surface area contributed by atoms with Crippen LogP contribution in [0.15, 0.2) is 71.6 Å². The molecule has 0 radical (unpaired) electrons. The minimum absolute atomic E-state index is 0.162. The van der Waals surface area contributed by atoms with Crippen molar-refractivity contribution in [2.24, 2.45) is 0 Å². The molecule has 0 unspecified atom stereocenters. The van der Waals surface area contributed by atoms with Gasteiger partial charge in [0.15, 0.2) is 0 Å². The molecule has 0 aliphatic heterocycles. The van der Waals surface area contributed by atoms with Crippen LogP contribution in [-0.4, -0.2) is 20.9 Å². The number of nitrogens with zero attached hydrogens (tertiary/aromatic N) is 2. The van der Waals surface area contributed by atoms with Crippen molar-refractivity contribution in [1.82, 2.24) is 0 Å². The van der Waals surface area contributed by atoms with Crippen molar-refractivity contribution in [1.29, 1.82) is 5.26 Å². The summed E-state index contributed by atoms with van der Waals surface area (Å²) in [5, 5.41) is 11.7. The van der Waals surface area contributed by atoms with E-state index in [0.29, 0.717) is 22.5 Å². The van der Waals surface area contributed by atoms with E-state index in [1.807, 2.05) is 25.1 Å². The van der Waals surface area contributed by atoms with E-state index < -0.39 is 22.5 Å². The van der Waals surface area contributed by atoms with E-state index in [0.717, 1.165) is 15.4 Å². The number of rotatable bonds is 6. The average molecular weight is 434 g/mol. The van der Waals surface area contributed by atoms with Crippen molar-refractivity contribution in [3.05, 3.63) is 89.0 Å². The molecule has 1 amide bonds. The van der Waals surface area contributed by atoms with Crippen LogP contribution in [0.3, 0.4) is 0 Å². The Hall–Kier alpha value is -3.63. The van der Waals surface area contributed by atoms with Gasteiger partial charge in [-0.05, 0) is 67.8 Å². The number of hydrogen-bond donors (Lipinski definition) is 1. The van der Waals surface area contributed by atoms with Gasteiger partial charge in [-0.3, -0.25) is 9.10 Å². The Morgan fingerprint density at radius 3 is 2.42 bits per heavy atom. The fourth-order valence-corrected chi connectivity index (χ4v) is 5.04. The maximum absolute atomic E-state index is 13.6. The fraction of sp³-hybridized carbons (Fsp3) is 0.167. The predicted octanol–water partition coefficient (Wildman–Crippen LogP) is 4.32. The van der Waals surface area contributed by atoms with Crippen LogP contribution in [0.5, 0.6) is 0 Å². The molecule has 0 aromatic heterocycles. The third-order valence-corrected chi connectivity index (χ3v) is 6.76. The van der Waals surface area contributed by atoms with Crippen molar-refractivity contribution < 1.29 is 13.2 Å². The van der Waals surface area contributed by atoms with Gasteiger partial charge in [-0.25, -0.2) is 8.42 Å². The number of amides is 1. The van der Waals surface area contributed by atoms with E-state index in [-0.39, 0.29) is 4.90 Å². The molecule has 0 heterocycles. The van der Waals surface area contributed by atoms with Gasteiger partial charge in [-0.1, -0.05) is 36.4 Å².